The van der Waals surface area contributed by atoms with Gasteiger partial charge in [0.15, 0.2) is 0 Å². The highest BCUT2D eigenvalue weighted by atomic mass is 16.5. The van der Waals surface area contributed by atoms with Crippen LogP contribution in [0.25, 0.3) is 0 Å². The van der Waals surface area contributed by atoms with E-state index in [9.17, 15) is 0 Å². The van der Waals surface area contributed by atoms with Crippen molar-refractivity contribution >= 4 is 11.4 Å². The van der Waals surface area contributed by atoms with Gasteiger partial charge in [-0.2, -0.15) is 0 Å². The summed E-state index contributed by atoms with van der Waals surface area (Å²) in [5, 5.41) is 3.27. The fraction of sp³-hybridized carbons (Fsp3) is 0.600. The zero-order valence-corrected chi connectivity index (χ0v) is 13.0. The monoisotopic (exact) mass is 281 g/mol. The lowest BCUT2D eigenvalue weighted by Gasteiger charge is -2.16. The Hall–Kier alpha value is -1.46. The van der Waals surface area contributed by atoms with Gasteiger partial charge in [-0.15, -0.1) is 0 Å². The molecule has 0 aliphatic heterocycles. The Balaban J connectivity index is 2.36. The van der Waals surface area contributed by atoms with E-state index in [0.717, 1.165) is 31.1 Å². The van der Waals surface area contributed by atoms with E-state index in [2.05, 4.69) is 10.2 Å². The molecule has 1 aromatic carbocycles. The summed E-state index contributed by atoms with van der Waals surface area (Å²) in [6.45, 7) is 7.02. The Morgan fingerprint density at radius 3 is 2.65 bits per heavy atom. The number of hydrogen-bond acceptors (Lipinski definition) is 5. The second-order valence-corrected chi connectivity index (χ2v) is 5.23. The Morgan fingerprint density at radius 2 is 2.00 bits per heavy atom. The van der Waals surface area contributed by atoms with Crippen molar-refractivity contribution in [2.45, 2.75) is 20.0 Å². The summed E-state index contributed by atoms with van der Waals surface area (Å²) >= 11 is 0. The number of nitrogens with two attached hydrogens (primary N) is 1. The van der Waals surface area contributed by atoms with Gasteiger partial charge in [0, 0.05) is 13.1 Å². The number of nitrogen functional groups attached to an aromatic ring is 1. The minimum absolute atomic E-state index is 0.113. The maximum Gasteiger partial charge on any atom is 0.144 e. The average molecular weight is 281 g/mol. The Kier molecular flexibility index (Phi) is 7.18. The first kappa shape index (κ1) is 16.6. The zero-order valence-electron chi connectivity index (χ0n) is 13.0. The topological polar surface area (TPSA) is 59.8 Å². The molecule has 0 aromatic heterocycles. The number of benzene rings is 1. The number of nitrogens with zero attached hydrogens (tertiary/aromatic N) is 1. The highest BCUT2D eigenvalue weighted by molar-refractivity contribution is 5.72. The molecule has 0 fully saturated rings. The summed E-state index contributed by atoms with van der Waals surface area (Å²) in [5.74, 6) is 0.721. The summed E-state index contributed by atoms with van der Waals surface area (Å²) in [5.41, 5.74) is 7.61. The highest BCUT2D eigenvalue weighted by Gasteiger charge is 2.06. The van der Waals surface area contributed by atoms with Crippen LogP contribution in [0, 0.1) is 0 Å². The maximum absolute atomic E-state index is 6.08. The van der Waals surface area contributed by atoms with E-state index in [0.29, 0.717) is 12.3 Å². The van der Waals surface area contributed by atoms with E-state index in [-0.39, 0.29) is 6.10 Å². The van der Waals surface area contributed by atoms with E-state index in [1.54, 1.807) is 0 Å². The van der Waals surface area contributed by atoms with Gasteiger partial charge in [0.05, 0.1) is 30.7 Å². The van der Waals surface area contributed by atoms with Gasteiger partial charge < -0.3 is 25.4 Å². The van der Waals surface area contributed by atoms with Gasteiger partial charge in [0.25, 0.3) is 0 Å². The molecule has 0 aliphatic rings. The molecule has 0 spiro atoms. The van der Waals surface area contributed by atoms with Crippen molar-refractivity contribution in [3.63, 3.8) is 0 Å². The van der Waals surface area contributed by atoms with Gasteiger partial charge in [0.2, 0.25) is 0 Å². The molecule has 0 amide bonds. The average Bonchev–Trinajstić information content (AvgIpc) is 2.36. The molecular formula is C15H27N3O2. The quantitative estimate of drug-likeness (QED) is 0.536. The lowest BCUT2D eigenvalue weighted by atomic mass is 10.2. The summed E-state index contributed by atoms with van der Waals surface area (Å²) in [4.78, 5) is 2.10. The first-order chi connectivity index (χ1) is 9.50. The third-order valence-electron chi connectivity index (χ3n) is 2.67. The first-order valence-electron chi connectivity index (χ1n) is 7.02. The molecule has 0 bridgehead atoms. The largest absolute Gasteiger partial charge is 0.489 e. The van der Waals surface area contributed by atoms with Gasteiger partial charge in [-0.25, -0.2) is 0 Å². The minimum Gasteiger partial charge on any atom is -0.489 e. The summed E-state index contributed by atoms with van der Waals surface area (Å²) < 4.78 is 11.2. The second kappa shape index (κ2) is 8.66. The number of hydrogen-bond donors (Lipinski definition) is 2. The minimum atomic E-state index is 0.113. The number of rotatable bonds is 9. The van der Waals surface area contributed by atoms with Crippen molar-refractivity contribution in [1.82, 2.24) is 4.90 Å². The van der Waals surface area contributed by atoms with Crippen LogP contribution >= 0.6 is 0 Å². The van der Waals surface area contributed by atoms with E-state index < -0.39 is 0 Å². The van der Waals surface area contributed by atoms with Crippen molar-refractivity contribution in [2.75, 3.05) is 51.4 Å². The first-order valence-corrected chi connectivity index (χ1v) is 7.02. The number of para-hydroxylation sites is 1. The Bertz CT molecular complexity index is 395. The van der Waals surface area contributed by atoms with Crippen molar-refractivity contribution in [2.24, 2.45) is 0 Å². The molecule has 0 atom stereocenters. The Labute approximate surface area is 122 Å². The predicted octanol–water partition coefficient (Wildman–Crippen LogP) is 2.05. The molecule has 0 saturated heterocycles. The smallest absolute Gasteiger partial charge is 0.144 e. The van der Waals surface area contributed by atoms with Crippen LogP contribution in [0.15, 0.2) is 18.2 Å². The van der Waals surface area contributed by atoms with Crippen LogP contribution in [0.1, 0.15) is 13.8 Å². The number of anilines is 2. The van der Waals surface area contributed by atoms with Gasteiger partial charge >= 0.3 is 0 Å². The SMILES string of the molecule is CC(C)Oc1cccc(NCCOCCN(C)C)c1N. The molecule has 0 unspecified atom stereocenters. The Morgan fingerprint density at radius 1 is 1.25 bits per heavy atom. The normalized spacial score (nSPS) is 11.1. The molecule has 1 rings (SSSR count). The number of nitrogens with one attached hydrogen (secondary N) is 1. The molecule has 114 valence electrons. The fourth-order valence-corrected chi connectivity index (χ4v) is 1.66. The van der Waals surface area contributed by atoms with E-state index in [4.69, 9.17) is 15.2 Å². The van der Waals surface area contributed by atoms with Gasteiger partial charge in [0.1, 0.15) is 5.75 Å². The molecule has 5 nitrogen and oxygen atoms in total. The summed E-state index contributed by atoms with van der Waals surface area (Å²) in [6, 6.07) is 5.76. The highest BCUT2D eigenvalue weighted by Crippen LogP contribution is 2.29. The van der Waals surface area contributed by atoms with Gasteiger partial charge in [-0.3, -0.25) is 0 Å². The molecule has 0 aliphatic carbocycles. The van der Waals surface area contributed by atoms with Crippen molar-refractivity contribution < 1.29 is 9.47 Å². The lowest BCUT2D eigenvalue weighted by molar-refractivity contribution is 0.126. The number of ether oxygens (including phenoxy) is 2. The lowest BCUT2D eigenvalue weighted by Crippen LogP contribution is -2.20. The molecule has 0 heterocycles. The molecule has 5 heteroatoms. The second-order valence-electron chi connectivity index (χ2n) is 5.23. The fourth-order valence-electron chi connectivity index (χ4n) is 1.66. The molecule has 3 N–H and O–H groups in total. The van der Waals surface area contributed by atoms with Crippen LogP contribution < -0.4 is 15.8 Å². The van der Waals surface area contributed by atoms with Crippen LogP contribution in [0.3, 0.4) is 0 Å². The van der Waals surface area contributed by atoms with Crippen LogP contribution in [0.2, 0.25) is 0 Å². The third kappa shape index (κ3) is 6.12. The molecular weight excluding hydrogens is 254 g/mol. The zero-order chi connectivity index (χ0) is 15.0. The summed E-state index contributed by atoms with van der Waals surface area (Å²) in [7, 11) is 4.06. The van der Waals surface area contributed by atoms with Crippen LogP contribution in [-0.2, 0) is 4.74 Å². The van der Waals surface area contributed by atoms with Crippen molar-refractivity contribution in [3.05, 3.63) is 18.2 Å². The molecule has 1 aromatic rings. The maximum atomic E-state index is 6.08. The van der Waals surface area contributed by atoms with Crippen LogP contribution in [0.4, 0.5) is 11.4 Å². The predicted molar refractivity (Wildman–Crippen MR) is 84.5 cm³/mol. The third-order valence-corrected chi connectivity index (χ3v) is 2.67. The molecule has 20 heavy (non-hydrogen) atoms. The number of likely N-dealkylation sites (N-methyl/N-ethyl adjacent to an activating group) is 1. The van der Waals surface area contributed by atoms with E-state index >= 15 is 0 Å². The van der Waals surface area contributed by atoms with Gasteiger partial charge in [-0.05, 0) is 40.1 Å². The van der Waals surface area contributed by atoms with Gasteiger partial charge in [-0.1, -0.05) is 6.07 Å². The summed E-state index contributed by atoms with van der Waals surface area (Å²) in [6.07, 6.45) is 0.113. The van der Waals surface area contributed by atoms with Crippen LogP contribution in [0.5, 0.6) is 5.75 Å². The van der Waals surface area contributed by atoms with Crippen LogP contribution in [-0.4, -0.2) is 51.4 Å². The molecule has 0 saturated carbocycles. The molecule has 0 radical (unpaired) electrons. The van der Waals surface area contributed by atoms with Crippen molar-refractivity contribution in [1.29, 1.82) is 0 Å². The standard InChI is InChI=1S/C15H27N3O2/c1-12(2)20-14-7-5-6-13(15(14)16)17-8-10-19-11-9-18(3)4/h5-7,12,17H,8-11,16H2,1-4H3. The van der Waals surface area contributed by atoms with E-state index in [1.807, 2.05) is 46.1 Å². The van der Waals surface area contributed by atoms with E-state index in [1.165, 1.54) is 0 Å². The van der Waals surface area contributed by atoms with Crippen molar-refractivity contribution in [3.8, 4) is 5.75 Å².